The number of benzene rings is 7. The van der Waals surface area contributed by atoms with Crippen molar-refractivity contribution in [3.05, 3.63) is 169 Å². The smallest absolute Gasteiger partial charge is 0.228 e. The van der Waals surface area contributed by atoms with Crippen molar-refractivity contribution in [1.29, 1.82) is 0 Å². The fourth-order valence-corrected chi connectivity index (χ4v) is 7.57. The monoisotopic (exact) mass is 648 g/mol. The first-order valence-electron chi connectivity index (χ1n) is 18.7. The lowest BCUT2D eigenvalue weighted by atomic mass is 9.82. The van der Waals surface area contributed by atoms with Crippen LogP contribution in [0.1, 0.15) is 30.5 Å². The normalized spacial score (nSPS) is 14.3. The Balaban J connectivity index is 1.22. The van der Waals surface area contributed by atoms with E-state index in [1.165, 1.54) is 11.1 Å². The molecule has 1 aliphatic rings. The zero-order valence-corrected chi connectivity index (χ0v) is 27.4. The lowest BCUT2D eigenvalue weighted by Crippen LogP contribution is -2.15. The van der Waals surface area contributed by atoms with Crippen LogP contribution in [0.3, 0.4) is 0 Å². The second-order valence-electron chi connectivity index (χ2n) is 13.3. The number of oxazole rings is 1. The molecule has 0 fully saturated rings. The molecule has 0 radical (unpaired) electrons. The molecule has 9 aromatic rings. The maximum atomic E-state index is 9.64. The van der Waals surface area contributed by atoms with Crippen molar-refractivity contribution in [2.24, 2.45) is 0 Å². The van der Waals surface area contributed by atoms with Gasteiger partial charge in [-0.25, -0.2) is 4.98 Å². The minimum absolute atomic E-state index is 0.00335. The molecule has 2 aromatic heterocycles. The molecular weight excluding hydrogens is 613 g/mol. The zero-order chi connectivity index (χ0) is 36.9. The maximum Gasteiger partial charge on any atom is 0.228 e. The first kappa shape index (κ1) is 24.7. The van der Waals surface area contributed by atoms with Gasteiger partial charge in [-0.05, 0) is 94.0 Å². The van der Waals surface area contributed by atoms with E-state index in [-0.39, 0.29) is 35.3 Å². The summed E-state index contributed by atoms with van der Waals surface area (Å²) < 4.78 is 49.6. The summed E-state index contributed by atoms with van der Waals surface area (Å²) >= 11 is 0. The lowest BCUT2D eigenvalue weighted by Gasteiger charge is -2.27. The van der Waals surface area contributed by atoms with E-state index in [2.05, 4.69) is 44.2 Å². The van der Waals surface area contributed by atoms with Gasteiger partial charge in [0.05, 0.1) is 5.48 Å². The van der Waals surface area contributed by atoms with E-state index in [1.54, 1.807) is 0 Å². The maximum absolute atomic E-state index is 9.64. The van der Waals surface area contributed by atoms with Gasteiger partial charge in [-0.15, -0.1) is 0 Å². The number of rotatable bonds is 5. The highest BCUT2D eigenvalue weighted by Crippen LogP contribution is 2.51. The van der Waals surface area contributed by atoms with Crippen LogP contribution in [0.2, 0.25) is 0 Å². The molecular formula is C46H32N2O2. The van der Waals surface area contributed by atoms with E-state index in [4.69, 9.17) is 16.6 Å². The van der Waals surface area contributed by atoms with E-state index in [1.807, 2.05) is 108 Å². The van der Waals surface area contributed by atoms with Crippen molar-refractivity contribution in [3.8, 4) is 33.7 Å². The van der Waals surface area contributed by atoms with Gasteiger partial charge < -0.3 is 13.7 Å². The van der Waals surface area contributed by atoms with E-state index < -0.39 is 0 Å². The molecule has 0 amide bonds. The van der Waals surface area contributed by atoms with Crippen molar-refractivity contribution in [3.63, 3.8) is 0 Å². The zero-order valence-electron chi connectivity index (χ0n) is 31.4. The predicted molar refractivity (Wildman–Crippen MR) is 204 cm³/mol. The van der Waals surface area contributed by atoms with E-state index >= 15 is 0 Å². The molecule has 4 heteroatoms. The van der Waals surface area contributed by atoms with Crippen molar-refractivity contribution in [2.75, 3.05) is 4.90 Å². The van der Waals surface area contributed by atoms with Crippen LogP contribution in [0.25, 0.3) is 66.7 Å². The Bertz CT molecular complexity index is 2950. The molecule has 0 aliphatic heterocycles. The van der Waals surface area contributed by atoms with Crippen molar-refractivity contribution < 1.29 is 14.3 Å². The third-order valence-corrected chi connectivity index (χ3v) is 9.99. The van der Waals surface area contributed by atoms with Crippen LogP contribution in [-0.2, 0) is 5.41 Å². The quantitative estimate of drug-likeness (QED) is 0.186. The molecule has 1 aliphatic carbocycles. The first-order chi connectivity index (χ1) is 26.2. The molecule has 2 heterocycles. The summed E-state index contributed by atoms with van der Waals surface area (Å²) in [4.78, 5) is 6.65. The minimum Gasteiger partial charge on any atom is -0.456 e. The summed E-state index contributed by atoms with van der Waals surface area (Å²) in [6, 6.07) is 42.8. The Hall–Kier alpha value is -6.39. The van der Waals surface area contributed by atoms with Crippen molar-refractivity contribution >= 4 is 50.1 Å². The Morgan fingerprint density at radius 3 is 2.22 bits per heavy atom. The number of hydrogen-bond acceptors (Lipinski definition) is 4. The largest absolute Gasteiger partial charge is 0.456 e. The summed E-state index contributed by atoms with van der Waals surface area (Å²) in [7, 11) is 0. The van der Waals surface area contributed by atoms with Gasteiger partial charge in [0.15, 0.2) is 5.58 Å². The average molecular weight is 649 g/mol. The second-order valence-corrected chi connectivity index (χ2v) is 13.3. The fourth-order valence-electron chi connectivity index (χ4n) is 7.57. The molecule has 238 valence electrons. The highest BCUT2D eigenvalue weighted by molar-refractivity contribution is 6.12. The molecule has 0 saturated carbocycles. The molecule has 10 rings (SSSR count). The highest BCUT2D eigenvalue weighted by Gasteiger charge is 2.35. The summed E-state index contributed by atoms with van der Waals surface area (Å²) in [5, 5.41) is 1.73. The number of aromatic nitrogens is 1. The number of nitrogens with zero attached hydrogens (tertiary/aromatic N) is 2. The minimum atomic E-state index is -0.245. The van der Waals surface area contributed by atoms with Crippen LogP contribution in [0, 0.1) is 0 Å². The van der Waals surface area contributed by atoms with Gasteiger partial charge >= 0.3 is 0 Å². The van der Waals surface area contributed by atoms with Crippen LogP contribution in [-0.4, -0.2) is 4.98 Å². The Morgan fingerprint density at radius 2 is 1.32 bits per heavy atom. The molecule has 0 bridgehead atoms. The molecule has 0 N–H and O–H groups in total. The van der Waals surface area contributed by atoms with Gasteiger partial charge in [0, 0.05) is 44.9 Å². The Morgan fingerprint density at radius 1 is 0.580 bits per heavy atom. The number of fused-ring (bicyclic) bond motifs is 7. The van der Waals surface area contributed by atoms with E-state index in [0.717, 1.165) is 38.7 Å². The average Bonchev–Trinajstić information content (AvgIpc) is 3.86. The van der Waals surface area contributed by atoms with Gasteiger partial charge in [0.2, 0.25) is 5.89 Å². The van der Waals surface area contributed by atoms with Gasteiger partial charge in [0.25, 0.3) is 0 Å². The van der Waals surface area contributed by atoms with Gasteiger partial charge in [0.1, 0.15) is 16.7 Å². The standard InChI is InChI=1S/C46H32N2O2/c1-46(2)38-18-7-6-16-34(38)37-27-32(23-25-39(37)46)48(31-15-10-14-30(26-31)29-12-4-3-5-13-29)33-22-24-35-43(28-33)49-42-21-11-17-36(44(35)42)45-47-40-19-8-9-20-41(40)50-45/h3-28H,1-2H3/i10D,14D,15D,26D. The molecule has 0 atom stereocenters. The molecule has 7 aromatic carbocycles. The van der Waals surface area contributed by atoms with Crippen LogP contribution in [0.4, 0.5) is 17.1 Å². The molecule has 0 spiro atoms. The van der Waals surface area contributed by atoms with Gasteiger partial charge in [-0.2, -0.15) is 0 Å². The lowest BCUT2D eigenvalue weighted by molar-refractivity contribution is 0.620. The summed E-state index contributed by atoms with van der Waals surface area (Å²) in [5.74, 6) is 0.501. The topological polar surface area (TPSA) is 42.4 Å². The Kier molecular flexibility index (Phi) is 5.34. The van der Waals surface area contributed by atoms with Crippen molar-refractivity contribution in [1.82, 2.24) is 4.98 Å². The predicted octanol–water partition coefficient (Wildman–Crippen LogP) is 12.8. The van der Waals surface area contributed by atoms with E-state index in [0.29, 0.717) is 39.5 Å². The van der Waals surface area contributed by atoms with Crippen LogP contribution in [0.15, 0.2) is 166 Å². The van der Waals surface area contributed by atoms with Crippen LogP contribution < -0.4 is 4.90 Å². The van der Waals surface area contributed by atoms with Gasteiger partial charge in [-0.1, -0.05) is 105 Å². The number of anilines is 3. The fraction of sp³-hybridized carbons (Fsp3) is 0.0652. The van der Waals surface area contributed by atoms with E-state index in [9.17, 15) is 2.74 Å². The molecule has 50 heavy (non-hydrogen) atoms. The Labute approximate surface area is 295 Å². The van der Waals surface area contributed by atoms with Crippen molar-refractivity contribution in [2.45, 2.75) is 19.3 Å². The molecule has 0 unspecified atom stereocenters. The van der Waals surface area contributed by atoms with Gasteiger partial charge in [-0.3, -0.25) is 0 Å². The highest BCUT2D eigenvalue weighted by atomic mass is 16.3. The van der Waals surface area contributed by atoms with Crippen LogP contribution in [0.5, 0.6) is 0 Å². The molecule has 4 nitrogen and oxygen atoms in total. The molecule has 0 saturated heterocycles. The summed E-state index contributed by atoms with van der Waals surface area (Å²) in [6.07, 6.45) is 0. The number of hydrogen-bond donors (Lipinski definition) is 0. The number of furan rings is 1. The SMILES string of the molecule is [2H]c1c([2H])c(-c2ccccc2)c([2H])c(N(c2ccc3c(c2)-c2ccccc2C3(C)C)c2ccc3c(c2)oc2cccc(-c4nc5ccccc5o4)c23)c1[2H]. The summed E-state index contributed by atoms with van der Waals surface area (Å²) in [6.45, 7) is 4.46. The third kappa shape index (κ3) is 4.35. The number of para-hydroxylation sites is 2. The van der Waals surface area contributed by atoms with Crippen LogP contribution >= 0.6 is 0 Å². The second kappa shape index (κ2) is 10.8. The summed E-state index contributed by atoms with van der Waals surface area (Å²) in [5.41, 5.74) is 10.5. The third-order valence-electron chi connectivity index (χ3n) is 9.99. The first-order valence-corrected chi connectivity index (χ1v) is 16.7.